The Labute approximate surface area is 86.9 Å². The molecule has 1 rings (SSSR count). The molecule has 0 saturated heterocycles. The second kappa shape index (κ2) is 5.58. The first-order chi connectivity index (χ1) is 6.77. The van der Waals surface area contributed by atoms with E-state index < -0.39 is 0 Å². The molecule has 0 atom stereocenters. The number of aliphatic imine (C=N–C) groups is 1. The normalized spacial score (nSPS) is 11.1. The van der Waals surface area contributed by atoms with Crippen LogP contribution in [0.25, 0.3) is 0 Å². The summed E-state index contributed by atoms with van der Waals surface area (Å²) in [6.07, 6.45) is 4.35. The quantitative estimate of drug-likeness (QED) is 0.644. The van der Waals surface area contributed by atoms with E-state index in [-0.39, 0.29) is 0 Å². The standard InChI is InChI=1S/C13H19N/c1-4-6-12-7-8-13(10-14-5-2)11(3)9-12/h7-10H,4-6H2,1-3H3. The lowest BCUT2D eigenvalue weighted by Crippen LogP contribution is -1.91. The van der Waals surface area contributed by atoms with Gasteiger partial charge in [0.15, 0.2) is 0 Å². The van der Waals surface area contributed by atoms with E-state index in [1.54, 1.807) is 0 Å². The zero-order valence-electron chi connectivity index (χ0n) is 9.38. The first-order valence-electron chi connectivity index (χ1n) is 5.37. The number of hydrogen-bond donors (Lipinski definition) is 0. The number of nitrogens with zero attached hydrogens (tertiary/aromatic N) is 1. The van der Waals surface area contributed by atoms with Crippen LogP contribution in [0.1, 0.15) is 37.0 Å². The molecular formula is C13H19N. The Hall–Kier alpha value is -1.11. The summed E-state index contributed by atoms with van der Waals surface area (Å²) < 4.78 is 0. The molecular weight excluding hydrogens is 170 g/mol. The van der Waals surface area contributed by atoms with Crippen molar-refractivity contribution >= 4 is 6.21 Å². The van der Waals surface area contributed by atoms with Crippen LogP contribution < -0.4 is 0 Å². The molecule has 0 radical (unpaired) electrons. The van der Waals surface area contributed by atoms with Gasteiger partial charge in [0.05, 0.1) is 0 Å². The summed E-state index contributed by atoms with van der Waals surface area (Å²) in [5, 5.41) is 0. The highest BCUT2D eigenvalue weighted by Gasteiger charge is 1.96. The molecule has 1 aromatic rings. The predicted molar refractivity (Wildman–Crippen MR) is 63.3 cm³/mol. The van der Waals surface area contributed by atoms with Crippen LogP contribution in [0.2, 0.25) is 0 Å². The third kappa shape index (κ3) is 2.99. The number of hydrogen-bond acceptors (Lipinski definition) is 1. The van der Waals surface area contributed by atoms with Crippen LogP contribution in [-0.2, 0) is 6.42 Å². The molecule has 0 unspecified atom stereocenters. The summed E-state index contributed by atoms with van der Waals surface area (Å²) in [7, 11) is 0. The second-order valence-corrected chi connectivity index (χ2v) is 3.57. The van der Waals surface area contributed by atoms with Crippen molar-refractivity contribution in [2.75, 3.05) is 6.54 Å². The van der Waals surface area contributed by atoms with Gasteiger partial charge >= 0.3 is 0 Å². The fourth-order valence-electron chi connectivity index (χ4n) is 1.52. The maximum absolute atomic E-state index is 4.25. The van der Waals surface area contributed by atoms with Gasteiger partial charge in [-0.2, -0.15) is 0 Å². The molecule has 0 spiro atoms. The van der Waals surface area contributed by atoms with Crippen LogP contribution in [0.15, 0.2) is 23.2 Å². The predicted octanol–water partition coefficient (Wildman–Crippen LogP) is 3.39. The SMILES string of the molecule is CCCc1ccc(C=NCC)c(C)c1. The van der Waals surface area contributed by atoms with Crippen LogP contribution >= 0.6 is 0 Å². The maximum atomic E-state index is 4.25. The summed E-state index contributed by atoms with van der Waals surface area (Å²) in [5.74, 6) is 0. The number of benzene rings is 1. The molecule has 0 fully saturated rings. The van der Waals surface area contributed by atoms with Crippen molar-refractivity contribution in [1.29, 1.82) is 0 Å². The van der Waals surface area contributed by atoms with E-state index in [0.717, 1.165) is 6.54 Å². The van der Waals surface area contributed by atoms with Gasteiger partial charge < -0.3 is 0 Å². The van der Waals surface area contributed by atoms with Gasteiger partial charge in [0.25, 0.3) is 0 Å². The molecule has 0 aromatic heterocycles. The van der Waals surface area contributed by atoms with Gasteiger partial charge in [-0.05, 0) is 37.0 Å². The van der Waals surface area contributed by atoms with Gasteiger partial charge in [0, 0.05) is 12.8 Å². The molecule has 1 aromatic carbocycles. The van der Waals surface area contributed by atoms with Crippen LogP contribution in [0.3, 0.4) is 0 Å². The molecule has 14 heavy (non-hydrogen) atoms. The Morgan fingerprint density at radius 3 is 2.64 bits per heavy atom. The molecule has 0 aliphatic rings. The topological polar surface area (TPSA) is 12.4 Å². The minimum Gasteiger partial charge on any atom is -0.293 e. The third-order valence-corrected chi connectivity index (χ3v) is 2.29. The second-order valence-electron chi connectivity index (χ2n) is 3.57. The average molecular weight is 189 g/mol. The largest absolute Gasteiger partial charge is 0.293 e. The monoisotopic (exact) mass is 189 g/mol. The Kier molecular flexibility index (Phi) is 4.37. The van der Waals surface area contributed by atoms with E-state index in [1.165, 1.54) is 29.5 Å². The van der Waals surface area contributed by atoms with Gasteiger partial charge in [-0.15, -0.1) is 0 Å². The fraction of sp³-hybridized carbons (Fsp3) is 0.462. The lowest BCUT2D eigenvalue weighted by atomic mass is 10.0. The molecule has 0 saturated carbocycles. The van der Waals surface area contributed by atoms with Gasteiger partial charge in [-0.1, -0.05) is 31.5 Å². The van der Waals surface area contributed by atoms with Crippen LogP contribution in [0.5, 0.6) is 0 Å². The lowest BCUT2D eigenvalue weighted by Gasteiger charge is -2.03. The van der Waals surface area contributed by atoms with Crippen molar-refractivity contribution in [3.8, 4) is 0 Å². The minimum absolute atomic E-state index is 0.857. The zero-order chi connectivity index (χ0) is 10.4. The van der Waals surface area contributed by atoms with E-state index in [4.69, 9.17) is 0 Å². The Morgan fingerprint density at radius 2 is 2.07 bits per heavy atom. The first kappa shape index (κ1) is 11.0. The highest BCUT2D eigenvalue weighted by Crippen LogP contribution is 2.10. The van der Waals surface area contributed by atoms with Crippen LogP contribution in [-0.4, -0.2) is 12.8 Å². The van der Waals surface area contributed by atoms with Crippen LogP contribution in [0.4, 0.5) is 0 Å². The average Bonchev–Trinajstić information content (AvgIpc) is 2.17. The van der Waals surface area contributed by atoms with Crippen molar-refractivity contribution < 1.29 is 0 Å². The van der Waals surface area contributed by atoms with E-state index in [1.807, 2.05) is 6.21 Å². The van der Waals surface area contributed by atoms with Gasteiger partial charge in [-0.3, -0.25) is 4.99 Å². The van der Waals surface area contributed by atoms with Crippen molar-refractivity contribution in [1.82, 2.24) is 0 Å². The third-order valence-electron chi connectivity index (χ3n) is 2.29. The van der Waals surface area contributed by atoms with Gasteiger partial charge in [-0.25, -0.2) is 0 Å². The molecule has 0 bridgehead atoms. The Balaban J connectivity index is 2.84. The zero-order valence-corrected chi connectivity index (χ0v) is 9.38. The summed E-state index contributed by atoms with van der Waals surface area (Å²) in [4.78, 5) is 4.25. The molecule has 0 aliphatic heterocycles. The van der Waals surface area contributed by atoms with Crippen molar-refractivity contribution in [3.63, 3.8) is 0 Å². The van der Waals surface area contributed by atoms with E-state index in [9.17, 15) is 0 Å². The number of rotatable bonds is 4. The van der Waals surface area contributed by atoms with E-state index in [2.05, 4.69) is 44.0 Å². The highest BCUT2D eigenvalue weighted by molar-refractivity contribution is 5.81. The molecule has 1 nitrogen and oxygen atoms in total. The van der Waals surface area contributed by atoms with Crippen molar-refractivity contribution in [2.45, 2.75) is 33.6 Å². The molecule has 0 N–H and O–H groups in total. The minimum atomic E-state index is 0.857. The molecule has 0 aliphatic carbocycles. The van der Waals surface area contributed by atoms with Crippen molar-refractivity contribution in [3.05, 3.63) is 34.9 Å². The molecule has 0 heterocycles. The van der Waals surface area contributed by atoms with E-state index >= 15 is 0 Å². The van der Waals surface area contributed by atoms with E-state index in [0.29, 0.717) is 0 Å². The van der Waals surface area contributed by atoms with Crippen LogP contribution in [0, 0.1) is 6.92 Å². The number of aryl methyl sites for hydroxylation is 2. The maximum Gasteiger partial charge on any atom is 0.0361 e. The first-order valence-corrected chi connectivity index (χ1v) is 5.37. The van der Waals surface area contributed by atoms with Gasteiger partial charge in [0.2, 0.25) is 0 Å². The summed E-state index contributed by atoms with van der Waals surface area (Å²) in [6.45, 7) is 7.27. The molecule has 76 valence electrons. The fourth-order valence-corrected chi connectivity index (χ4v) is 1.52. The Bertz CT molecular complexity index is 313. The van der Waals surface area contributed by atoms with Gasteiger partial charge in [0.1, 0.15) is 0 Å². The summed E-state index contributed by atoms with van der Waals surface area (Å²) >= 11 is 0. The molecule has 1 heteroatoms. The smallest absolute Gasteiger partial charge is 0.0361 e. The summed E-state index contributed by atoms with van der Waals surface area (Å²) in [6, 6.07) is 6.63. The molecule has 0 amide bonds. The van der Waals surface area contributed by atoms with Crippen molar-refractivity contribution in [2.24, 2.45) is 4.99 Å². The summed E-state index contributed by atoms with van der Waals surface area (Å²) in [5.41, 5.74) is 4.00. The Morgan fingerprint density at radius 1 is 1.29 bits per heavy atom. The highest BCUT2D eigenvalue weighted by atomic mass is 14.7. The lowest BCUT2D eigenvalue weighted by molar-refractivity contribution is 0.920.